The maximum atomic E-state index is 12.3. The highest BCUT2D eigenvalue weighted by atomic mass is 32.2. The van der Waals surface area contributed by atoms with Crippen LogP contribution in [0, 0.1) is 0 Å². The second-order valence-corrected chi connectivity index (χ2v) is 7.85. The molecule has 0 unspecified atom stereocenters. The van der Waals surface area contributed by atoms with Crippen molar-refractivity contribution in [2.45, 2.75) is 5.22 Å². The van der Waals surface area contributed by atoms with Gasteiger partial charge in [0.05, 0.1) is 14.2 Å². The van der Waals surface area contributed by atoms with E-state index in [0.717, 1.165) is 0 Å². The zero-order valence-corrected chi connectivity index (χ0v) is 15.8. The lowest BCUT2D eigenvalue weighted by molar-refractivity contribution is -0.113. The number of methoxy groups -OCH3 is 2. The zero-order valence-electron chi connectivity index (χ0n) is 14.2. The molecule has 0 fully saturated rings. The van der Waals surface area contributed by atoms with Gasteiger partial charge in [0.25, 0.3) is 0 Å². The number of thiazole rings is 1. The summed E-state index contributed by atoms with van der Waals surface area (Å²) in [5, 5.41) is 11.0. The lowest BCUT2D eigenvalue weighted by Crippen LogP contribution is -2.23. The first-order valence-corrected chi connectivity index (χ1v) is 9.94. The number of sulfone groups is 1. The van der Waals surface area contributed by atoms with Gasteiger partial charge in [-0.15, -0.1) is 16.4 Å². The smallest absolute Gasteiger partial charge is 0.336 e. The molecule has 0 radical (unpaired) electrons. The van der Waals surface area contributed by atoms with E-state index in [2.05, 4.69) is 20.5 Å². The normalized spacial score (nSPS) is 11.2. The Morgan fingerprint density at radius 2 is 2.00 bits per heavy atom. The van der Waals surface area contributed by atoms with Crippen LogP contribution in [0.3, 0.4) is 0 Å². The summed E-state index contributed by atoms with van der Waals surface area (Å²) in [6.07, 6.45) is 1.49. The summed E-state index contributed by atoms with van der Waals surface area (Å²) in [5.41, 5.74) is 0.439. The number of hydrogen-bond acceptors (Lipinski definition) is 10. The van der Waals surface area contributed by atoms with Crippen LogP contribution in [0.15, 0.2) is 39.4 Å². The first-order valence-electron chi connectivity index (χ1n) is 7.41. The van der Waals surface area contributed by atoms with Gasteiger partial charge in [-0.25, -0.2) is 13.4 Å². The highest BCUT2D eigenvalue weighted by Gasteiger charge is 2.27. The van der Waals surface area contributed by atoms with Crippen LogP contribution in [-0.2, 0) is 14.6 Å². The molecule has 0 aliphatic rings. The number of aromatic nitrogens is 3. The van der Waals surface area contributed by atoms with Crippen LogP contribution in [0.4, 0.5) is 5.13 Å². The standard InChI is InChI=1S/C15H14N4O6S2/c1-23-10-4-3-9(7-11(10)24-2)13-18-19-15(25-13)27(21,22)8-12(20)17-14-16-5-6-26-14/h3-7H,8H2,1-2H3,(H,16,17,20). The average molecular weight is 410 g/mol. The first kappa shape index (κ1) is 18.8. The summed E-state index contributed by atoms with van der Waals surface area (Å²) in [6.45, 7) is 0. The molecule has 0 aliphatic carbocycles. The fraction of sp³-hybridized carbons (Fsp3) is 0.200. The summed E-state index contributed by atoms with van der Waals surface area (Å²) < 4.78 is 40.2. The van der Waals surface area contributed by atoms with Crippen LogP contribution in [0.1, 0.15) is 0 Å². The molecular formula is C15H14N4O6S2. The van der Waals surface area contributed by atoms with E-state index in [0.29, 0.717) is 22.2 Å². The number of anilines is 1. The van der Waals surface area contributed by atoms with Gasteiger partial charge in [0.2, 0.25) is 21.6 Å². The maximum absolute atomic E-state index is 12.3. The van der Waals surface area contributed by atoms with E-state index in [-0.39, 0.29) is 5.89 Å². The Balaban J connectivity index is 1.79. The Morgan fingerprint density at radius 3 is 2.67 bits per heavy atom. The molecule has 3 aromatic rings. The number of rotatable bonds is 7. The van der Waals surface area contributed by atoms with Crippen molar-refractivity contribution in [1.29, 1.82) is 0 Å². The fourth-order valence-corrected chi connectivity index (χ4v) is 3.55. The molecule has 3 rings (SSSR count). The lowest BCUT2D eigenvalue weighted by Gasteiger charge is -2.07. The minimum atomic E-state index is -4.11. The minimum Gasteiger partial charge on any atom is -0.493 e. The fourth-order valence-electron chi connectivity index (χ4n) is 2.10. The SMILES string of the molecule is COc1ccc(-c2nnc(S(=O)(=O)CC(=O)Nc3nccs3)o2)cc1OC. The molecule has 1 N–H and O–H groups in total. The zero-order chi connectivity index (χ0) is 19.4. The number of nitrogens with one attached hydrogen (secondary N) is 1. The molecule has 0 spiro atoms. The van der Waals surface area contributed by atoms with Crippen molar-refractivity contribution in [3.05, 3.63) is 29.8 Å². The molecule has 1 amide bonds. The van der Waals surface area contributed by atoms with Gasteiger partial charge >= 0.3 is 5.22 Å². The topological polar surface area (TPSA) is 134 Å². The molecule has 2 heterocycles. The third-order valence-electron chi connectivity index (χ3n) is 3.30. The van der Waals surface area contributed by atoms with E-state index in [1.165, 1.54) is 31.8 Å². The highest BCUT2D eigenvalue weighted by Crippen LogP contribution is 2.32. The Labute approximate surface area is 158 Å². The Morgan fingerprint density at radius 1 is 1.22 bits per heavy atom. The number of nitrogens with zero attached hydrogens (tertiary/aromatic N) is 3. The largest absolute Gasteiger partial charge is 0.493 e. The summed E-state index contributed by atoms with van der Waals surface area (Å²) in [7, 11) is -1.15. The predicted octanol–water partition coefficient (Wildman–Crippen LogP) is 1.62. The summed E-state index contributed by atoms with van der Waals surface area (Å²) >= 11 is 1.17. The minimum absolute atomic E-state index is 0.0325. The summed E-state index contributed by atoms with van der Waals surface area (Å²) in [6, 6.07) is 4.80. The number of benzene rings is 1. The number of carbonyl (C=O) groups excluding carboxylic acids is 1. The molecule has 12 heteroatoms. The van der Waals surface area contributed by atoms with Gasteiger partial charge in [-0.1, -0.05) is 5.10 Å². The van der Waals surface area contributed by atoms with E-state index in [1.54, 1.807) is 23.6 Å². The van der Waals surface area contributed by atoms with Crippen LogP contribution in [0.2, 0.25) is 0 Å². The quantitative estimate of drug-likeness (QED) is 0.616. The molecule has 0 bridgehead atoms. The van der Waals surface area contributed by atoms with Crippen LogP contribution >= 0.6 is 11.3 Å². The van der Waals surface area contributed by atoms with Crippen LogP contribution < -0.4 is 14.8 Å². The van der Waals surface area contributed by atoms with Crippen molar-refractivity contribution < 1.29 is 27.1 Å². The molecular weight excluding hydrogens is 396 g/mol. The molecule has 0 saturated heterocycles. The van der Waals surface area contributed by atoms with Crippen molar-refractivity contribution in [1.82, 2.24) is 15.2 Å². The van der Waals surface area contributed by atoms with Gasteiger partial charge in [-0.2, -0.15) is 0 Å². The van der Waals surface area contributed by atoms with Crippen molar-refractivity contribution in [2.75, 3.05) is 25.3 Å². The van der Waals surface area contributed by atoms with E-state index in [1.807, 2.05) is 0 Å². The van der Waals surface area contributed by atoms with Crippen molar-refractivity contribution in [3.8, 4) is 23.0 Å². The Hall–Kier alpha value is -2.99. The Kier molecular flexibility index (Phi) is 5.37. The number of carbonyl (C=O) groups is 1. The molecule has 142 valence electrons. The van der Waals surface area contributed by atoms with Gasteiger partial charge in [-0.3, -0.25) is 4.79 Å². The number of ether oxygens (including phenoxy) is 2. The van der Waals surface area contributed by atoms with Gasteiger partial charge in [0, 0.05) is 17.1 Å². The second kappa shape index (κ2) is 7.72. The van der Waals surface area contributed by atoms with E-state index >= 15 is 0 Å². The summed E-state index contributed by atoms with van der Waals surface area (Å²) in [5.74, 6) is -0.723. The predicted molar refractivity (Wildman–Crippen MR) is 95.6 cm³/mol. The maximum Gasteiger partial charge on any atom is 0.336 e. The second-order valence-electron chi connectivity index (χ2n) is 5.09. The van der Waals surface area contributed by atoms with Gasteiger partial charge in [-0.05, 0) is 18.2 Å². The molecule has 27 heavy (non-hydrogen) atoms. The van der Waals surface area contributed by atoms with Crippen molar-refractivity contribution in [3.63, 3.8) is 0 Å². The first-order chi connectivity index (χ1) is 12.9. The van der Waals surface area contributed by atoms with Crippen LogP contribution in [-0.4, -0.2) is 49.5 Å². The molecule has 2 aromatic heterocycles. The van der Waals surface area contributed by atoms with Gasteiger partial charge in [0.1, 0.15) is 5.75 Å². The number of hydrogen-bond donors (Lipinski definition) is 1. The van der Waals surface area contributed by atoms with Crippen molar-refractivity contribution in [2.24, 2.45) is 0 Å². The molecule has 10 nitrogen and oxygen atoms in total. The summed E-state index contributed by atoms with van der Waals surface area (Å²) in [4.78, 5) is 15.7. The average Bonchev–Trinajstić information content (AvgIpc) is 3.32. The van der Waals surface area contributed by atoms with E-state index < -0.39 is 26.7 Å². The third-order valence-corrected chi connectivity index (χ3v) is 5.33. The highest BCUT2D eigenvalue weighted by molar-refractivity contribution is 7.91. The molecule has 0 saturated carbocycles. The monoisotopic (exact) mass is 410 g/mol. The molecule has 0 atom stereocenters. The van der Waals surface area contributed by atoms with Crippen LogP contribution in [0.5, 0.6) is 11.5 Å². The van der Waals surface area contributed by atoms with Crippen molar-refractivity contribution >= 4 is 32.2 Å². The molecule has 0 aliphatic heterocycles. The third kappa shape index (κ3) is 4.23. The number of amides is 1. The van der Waals surface area contributed by atoms with E-state index in [4.69, 9.17) is 13.9 Å². The molecule has 1 aromatic carbocycles. The van der Waals surface area contributed by atoms with Gasteiger partial charge < -0.3 is 19.2 Å². The Bertz CT molecular complexity index is 1050. The lowest BCUT2D eigenvalue weighted by atomic mass is 10.2. The van der Waals surface area contributed by atoms with Gasteiger partial charge in [0.15, 0.2) is 16.6 Å². The van der Waals surface area contributed by atoms with E-state index in [9.17, 15) is 13.2 Å². The van der Waals surface area contributed by atoms with Crippen LogP contribution in [0.25, 0.3) is 11.5 Å².